The minimum absolute atomic E-state index is 0.142. The normalized spacial score (nSPS) is 20.8. The third kappa shape index (κ3) is 3.13. The molecular formula is C17H11F4NO4S. The highest BCUT2D eigenvalue weighted by molar-refractivity contribution is 7.90. The van der Waals surface area contributed by atoms with E-state index in [-0.39, 0.29) is 11.4 Å². The first-order valence-corrected chi connectivity index (χ1v) is 9.28. The van der Waals surface area contributed by atoms with Crippen molar-refractivity contribution < 1.29 is 35.8 Å². The Kier molecular flexibility index (Phi) is 4.40. The molecule has 2 aromatic carbocycles. The van der Waals surface area contributed by atoms with Crippen LogP contribution in [0.2, 0.25) is 0 Å². The quantitative estimate of drug-likeness (QED) is 0.616. The molecule has 0 saturated heterocycles. The standard InChI is InChI=1S/C17H11F4NO4S/c1-22-9-5-8(18)6-10(7-9)26-11-3-4-12(27(2,24)25)14-13(11)15(19)17(20,21)16(14)23/h3-7,15-16,23H,2H3/t15-,16+/m1/s1. The molecule has 5 nitrogen and oxygen atoms in total. The molecule has 0 heterocycles. The van der Waals surface area contributed by atoms with E-state index in [4.69, 9.17) is 11.3 Å². The highest BCUT2D eigenvalue weighted by Gasteiger charge is 2.58. The molecule has 0 amide bonds. The fourth-order valence-corrected chi connectivity index (χ4v) is 3.81. The van der Waals surface area contributed by atoms with Gasteiger partial charge in [0.2, 0.25) is 0 Å². The van der Waals surface area contributed by atoms with Crippen LogP contribution in [0.25, 0.3) is 4.85 Å². The smallest absolute Gasteiger partial charge is 0.312 e. The molecule has 0 fully saturated rings. The SMILES string of the molecule is [C-]#[N+]c1cc(F)cc(Oc2ccc(S(C)(=O)=O)c3c2[C@@H](F)C(F)(F)[C@H]3O)c1. The molecular weight excluding hydrogens is 390 g/mol. The van der Waals surface area contributed by atoms with E-state index < -0.39 is 55.6 Å². The average molecular weight is 401 g/mol. The topological polar surface area (TPSA) is 68.0 Å². The van der Waals surface area contributed by atoms with Crippen LogP contribution >= 0.6 is 0 Å². The Hall–Kier alpha value is -2.64. The Morgan fingerprint density at radius 3 is 2.48 bits per heavy atom. The summed E-state index contributed by atoms with van der Waals surface area (Å²) in [5.41, 5.74) is -1.77. The molecule has 0 spiro atoms. The fourth-order valence-electron chi connectivity index (χ4n) is 2.87. The Morgan fingerprint density at radius 2 is 1.89 bits per heavy atom. The Balaban J connectivity index is 2.21. The fraction of sp³-hybridized carbons (Fsp3) is 0.235. The van der Waals surface area contributed by atoms with Gasteiger partial charge in [-0.1, -0.05) is 0 Å². The first-order valence-electron chi connectivity index (χ1n) is 7.39. The largest absolute Gasteiger partial charge is 0.458 e. The number of alkyl halides is 3. The van der Waals surface area contributed by atoms with Crippen LogP contribution < -0.4 is 4.74 Å². The van der Waals surface area contributed by atoms with Crippen molar-refractivity contribution in [3.63, 3.8) is 0 Å². The molecule has 3 rings (SSSR count). The predicted molar refractivity (Wildman–Crippen MR) is 86.0 cm³/mol. The highest BCUT2D eigenvalue weighted by Crippen LogP contribution is 2.57. The summed E-state index contributed by atoms with van der Waals surface area (Å²) >= 11 is 0. The summed E-state index contributed by atoms with van der Waals surface area (Å²) in [5.74, 6) is -5.90. The molecule has 27 heavy (non-hydrogen) atoms. The molecule has 2 atom stereocenters. The summed E-state index contributed by atoms with van der Waals surface area (Å²) < 4.78 is 84.9. The van der Waals surface area contributed by atoms with Gasteiger partial charge in [-0.3, -0.25) is 0 Å². The van der Waals surface area contributed by atoms with Crippen molar-refractivity contribution in [2.45, 2.75) is 23.1 Å². The van der Waals surface area contributed by atoms with Gasteiger partial charge in [0.15, 0.2) is 21.7 Å². The number of benzene rings is 2. The van der Waals surface area contributed by atoms with E-state index in [1.165, 1.54) is 0 Å². The first-order chi connectivity index (χ1) is 12.5. The van der Waals surface area contributed by atoms with Gasteiger partial charge in [-0.2, -0.15) is 8.78 Å². The van der Waals surface area contributed by atoms with Crippen molar-refractivity contribution in [1.29, 1.82) is 0 Å². The van der Waals surface area contributed by atoms with Crippen LogP contribution in [0.1, 0.15) is 23.4 Å². The molecule has 1 N–H and O–H groups in total. The Bertz CT molecular complexity index is 1080. The number of sulfone groups is 1. The molecule has 0 bridgehead atoms. The van der Waals surface area contributed by atoms with E-state index in [0.29, 0.717) is 0 Å². The maximum Gasteiger partial charge on any atom is 0.312 e. The third-order valence-electron chi connectivity index (χ3n) is 4.05. The molecule has 0 unspecified atom stereocenters. The zero-order valence-corrected chi connectivity index (χ0v) is 14.4. The molecule has 0 aliphatic heterocycles. The Morgan fingerprint density at radius 1 is 1.22 bits per heavy atom. The van der Waals surface area contributed by atoms with Gasteiger partial charge >= 0.3 is 5.92 Å². The molecule has 2 aromatic rings. The van der Waals surface area contributed by atoms with Gasteiger partial charge in [-0.25, -0.2) is 22.0 Å². The van der Waals surface area contributed by atoms with Crippen LogP contribution in [0, 0.1) is 12.4 Å². The number of aliphatic hydroxyl groups excluding tert-OH is 1. The summed E-state index contributed by atoms with van der Waals surface area (Å²) in [6.07, 6.45) is -5.00. The number of fused-ring (bicyclic) bond motifs is 1. The molecule has 0 saturated carbocycles. The van der Waals surface area contributed by atoms with E-state index in [9.17, 15) is 31.1 Å². The van der Waals surface area contributed by atoms with Gasteiger partial charge in [-0.05, 0) is 24.3 Å². The van der Waals surface area contributed by atoms with Crippen molar-refractivity contribution in [3.05, 3.63) is 58.7 Å². The number of aliphatic hydroxyl groups is 1. The number of rotatable bonds is 3. The van der Waals surface area contributed by atoms with E-state index in [1.54, 1.807) is 0 Å². The minimum Gasteiger partial charge on any atom is -0.458 e. The number of hydrogen-bond donors (Lipinski definition) is 1. The van der Waals surface area contributed by atoms with E-state index in [1.807, 2.05) is 0 Å². The van der Waals surface area contributed by atoms with Crippen LogP contribution in [0.4, 0.5) is 23.2 Å². The van der Waals surface area contributed by atoms with Crippen molar-refractivity contribution in [2.24, 2.45) is 0 Å². The lowest BCUT2D eigenvalue weighted by atomic mass is 10.1. The summed E-state index contributed by atoms with van der Waals surface area (Å²) in [6, 6.07) is 4.70. The lowest BCUT2D eigenvalue weighted by Crippen LogP contribution is -2.24. The zero-order chi connectivity index (χ0) is 20.1. The second kappa shape index (κ2) is 6.21. The number of halogens is 4. The van der Waals surface area contributed by atoms with Gasteiger partial charge in [0.05, 0.1) is 11.5 Å². The predicted octanol–water partition coefficient (Wildman–Crippen LogP) is 4.27. The zero-order valence-electron chi connectivity index (χ0n) is 13.6. The van der Waals surface area contributed by atoms with Crippen molar-refractivity contribution in [2.75, 3.05) is 6.26 Å². The minimum atomic E-state index is -4.27. The number of ether oxygens (including phenoxy) is 1. The maximum absolute atomic E-state index is 14.4. The highest BCUT2D eigenvalue weighted by atomic mass is 32.2. The van der Waals surface area contributed by atoms with Crippen LogP contribution in [0.15, 0.2) is 35.2 Å². The Labute approximate surface area is 151 Å². The van der Waals surface area contributed by atoms with Crippen molar-refractivity contribution >= 4 is 15.5 Å². The van der Waals surface area contributed by atoms with Crippen LogP contribution in [0.3, 0.4) is 0 Å². The molecule has 1 aliphatic carbocycles. The van der Waals surface area contributed by atoms with Crippen molar-refractivity contribution in [3.8, 4) is 11.5 Å². The number of nitrogens with zero attached hydrogens (tertiary/aromatic N) is 1. The van der Waals surface area contributed by atoms with Gasteiger partial charge in [-0.15, -0.1) is 0 Å². The second-order valence-corrected chi connectivity index (χ2v) is 7.94. The molecule has 142 valence electrons. The average Bonchev–Trinajstić information content (AvgIpc) is 2.75. The van der Waals surface area contributed by atoms with Gasteiger partial charge in [0.1, 0.15) is 23.4 Å². The van der Waals surface area contributed by atoms with Crippen LogP contribution in [-0.2, 0) is 9.84 Å². The molecule has 10 heteroatoms. The van der Waals surface area contributed by atoms with E-state index >= 15 is 0 Å². The van der Waals surface area contributed by atoms with Crippen molar-refractivity contribution in [1.82, 2.24) is 0 Å². The summed E-state index contributed by atoms with van der Waals surface area (Å²) in [7, 11) is -4.06. The third-order valence-corrected chi connectivity index (χ3v) is 5.20. The molecule has 0 aromatic heterocycles. The molecule has 0 radical (unpaired) electrons. The van der Waals surface area contributed by atoms with Gasteiger partial charge in [0.25, 0.3) is 0 Å². The second-order valence-electron chi connectivity index (χ2n) is 5.96. The van der Waals surface area contributed by atoms with Crippen LogP contribution in [-0.4, -0.2) is 25.7 Å². The van der Waals surface area contributed by atoms with Crippen LogP contribution in [0.5, 0.6) is 11.5 Å². The van der Waals surface area contributed by atoms with E-state index in [0.717, 1.165) is 36.6 Å². The molecule has 1 aliphatic rings. The van der Waals surface area contributed by atoms with Gasteiger partial charge in [0, 0.05) is 23.4 Å². The van der Waals surface area contributed by atoms with E-state index in [2.05, 4.69) is 4.85 Å². The lowest BCUT2D eigenvalue weighted by Gasteiger charge is -2.16. The summed E-state index contributed by atoms with van der Waals surface area (Å²) in [4.78, 5) is 2.36. The maximum atomic E-state index is 14.4. The summed E-state index contributed by atoms with van der Waals surface area (Å²) in [5, 5.41) is 9.83. The lowest BCUT2D eigenvalue weighted by molar-refractivity contribution is -0.143. The van der Waals surface area contributed by atoms with Gasteiger partial charge < -0.3 is 9.84 Å². The summed E-state index contributed by atoms with van der Waals surface area (Å²) in [6.45, 7) is 6.89. The number of hydrogen-bond acceptors (Lipinski definition) is 4. The first kappa shape index (κ1) is 19.1. The monoisotopic (exact) mass is 401 g/mol.